The molecule has 0 aliphatic heterocycles. The molecule has 14 heavy (non-hydrogen) atoms. The number of benzene rings is 1. The van der Waals surface area contributed by atoms with E-state index in [0.29, 0.717) is 0 Å². The summed E-state index contributed by atoms with van der Waals surface area (Å²) in [6.45, 7) is 2.02. The highest BCUT2D eigenvalue weighted by atomic mass is 19.1. The van der Waals surface area contributed by atoms with Gasteiger partial charge in [-0.25, -0.2) is 4.39 Å². The smallest absolute Gasteiger partial charge is 0.172 e. The maximum atomic E-state index is 13.6. The van der Waals surface area contributed by atoms with Crippen molar-refractivity contribution >= 4 is 0 Å². The Morgan fingerprint density at radius 2 is 2.21 bits per heavy atom. The molecule has 0 spiro atoms. The van der Waals surface area contributed by atoms with E-state index in [4.69, 9.17) is 10.5 Å². The Bertz CT molecular complexity index is 328. The van der Waals surface area contributed by atoms with Crippen LogP contribution in [0.25, 0.3) is 0 Å². The summed E-state index contributed by atoms with van der Waals surface area (Å²) in [5.74, 6) is -0.727. The molecule has 0 radical (unpaired) electrons. The summed E-state index contributed by atoms with van der Waals surface area (Å²) >= 11 is 0. The first-order valence-corrected chi connectivity index (χ1v) is 4.37. The van der Waals surface area contributed by atoms with Gasteiger partial charge in [-0.05, 0) is 18.7 Å². The summed E-state index contributed by atoms with van der Waals surface area (Å²) in [5.41, 5.74) is 5.63. The number of phenols is 1. The lowest BCUT2D eigenvalue weighted by Gasteiger charge is -2.14. The van der Waals surface area contributed by atoms with Crippen molar-refractivity contribution in [3.05, 3.63) is 23.5 Å². The van der Waals surface area contributed by atoms with Crippen LogP contribution in [-0.4, -0.2) is 18.8 Å². The molecule has 1 rings (SSSR count). The van der Waals surface area contributed by atoms with Gasteiger partial charge in [0.15, 0.2) is 11.6 Å². The molecule has 3 nitrogen and oxygen atoms in total. The van der Waals surface area contributed by atoms with Gasteiger partial charge in [-0.1, -0.05) is 6.92 Å². The Balaban J connectivity index is 3.25. The van der Waals surface area contributed by atoms with E-state index in [9.17, 15) is 9.50 Å². The highest BCUT2D eigenvalue weighted by Gasteiger charge is 2.18. The van der Waals surface area contributed by atoms with Crippen molar-refractivity contribution in [3.8, 4) is 11.5 Å². The van der Waals surface area contributed by atoms with E-state index in [0.717, 1.165) is 0 Å². The molecular formula is C10H14FNO2. The van der Waals surface area contributed by atoms with Gasteiger partial charge in [0.25, 0.3) is 0 Å². The first-order valence-electron chi connectivity index (χ1n) is 4.37. The molecule has 0 fully saturated rings. The van der Waals surface area contributed by atoms with E-state index in [1.807, 2.05) is 0 Å². The Morgan fingerprint density at radius 1 is 1.57 bits per heavy atom. The molecule has 0 amide bonds. The van der Waals surface area contributed by atoms with Crippen LogP contribution < -0.4 is 10.5 Å². The van der Waals surface area contributed by atoms with Crippen LogP contribution in [0.5, 0.6) is 11.5 Å². The Hall–Kier alpha value is -1.29. The van der Waals surface area contributed by atoms with Crippen molar-refractivity contribution in [1.29, 1.82) is 0 Å². The standard InChI is InChI=1S/C10H14FNO2/c1-6(5-12)9-7(13)3-4-8(14-2)10(9)11/h3-4,6,13H,5,12H2,1-2H3. The molecule has 0 aromatic heterocycles. The van der Waals surface area contributed by atoms with Gasteiger partial charge in [-0.2, -0.15) is 0 Å². The van der Waals surface area contributed by atoms with Gasteiger partial charge in [0, 0.05) is 11.5 Å². The Kier molecular flexibility index (Phi) is 3.30. The molecule has 0 aliphatic carbocycles. The molecule has 0 saturated heterocycles. The molecule has 4 heteroatoms. The van der Waals surface area contributed by atoms with E-state index in [1.165, 1.54) is 19.2 Å². The fourth-order valence-electron chi connectivity index (χ4n) is 1.31. The molecule has 0 bridgehead atoms. The third-order valence-electron chi connectivity index (χ3n) is 2.19. The fourth-order valence-corrected chi connectivity index (χ4v) is 1.31. The summed E-state index contributed by atoms with van der Waals surface area (Å²) in [7, 11) is 1.38. The number of methoxy groups -OCH3 is 1. The first kappa shape index (κ1) is 10.8. The van der Waals surface area contributed by atoms with E-state index >= 15 is 0 Å². The minimum absolute atomic E-state index is 0.0822. The van der Waals surface area contributed by atoms with Crippen molar-refractivity contribution in [2.45, 2.75) is 12.8 Å². The minimum atomic E-state index is -0.537. The molecule has 78 valence electrons. The topological polar surface area (TPSA) is 55.5 Å². The molecule has 0 heterocycles. The van der Waals surface area contributed by atoms with Crippen LogP contribution in [0.1, 0.15) is 18.4 Å². The maximum Gasteiger partial charge on any atom is 0.172 e. The van der Waals surface area contributed by atoms with Gasteiger partial charge in [0.05, 0.1) is 7.11 Å². The van der Waals surface area contributed by atoms with Gasteiger partial charge in [-0.3, -0.25) is 0 Å². The van der Waals surface area contributed by atoms with Gasteiger partial charge < -0.3 is 15.6 Å². The third-order valence-corrected chi connectivity index (χ3v) is 2.19. The Morgan fingerprint density at radius 3 is 2.71 bits per heavy atom. The maximum absolute atomic E-state index is 13.6. The van der Waals surface area contributed by atoms with Crippen LogP contribution in [0.4, 0.5) is 4.39 Å². The summed E-state index contributed by atoms with van der Waals surface area (Å²) < 4.78 is 18.4. The van der Waals surface area contributed by atoms with Crippen molar-refractivity contribution in [2.24, 2.45) is 5.73 Å². The number of phenolic OH excluding ortho intramolecular Hbond substituents is 1. The largest absolute Gasteiger partial charge is 0.508 e. The SMILES string of the molecule is COc1ccc(O)c(C(C)CN)c1F. The molecule has 1 aromatic carbocycles. The molecule has 3 N–H and O–H groups in total. The van der Waals surface area contributed by atoms with E-state index in [-0.39, 0.29) is 29.5 Å². The summed E-state index contributed by atoms with van der Waals surface area (Å²) in [4.78, 5) is 0. The van der Waals surface area contributed by atoms with Gasteiger partial charge >= 0.3 is 0 Å². The number of hydrogen-bond donors (Lipinski definition) is 2. The molecule has 0 saturated carbocycles. The summed E-state index contributed by atoms with van der Waals surface area (Å²) in [6.07, 6.45) is 0. The number of nitrogens with two attached hydrogens (primary N) is 1. The van der Waals surface area contributed by atoms with E-state index < -0.39 is 5.82 Å². The lowest BCUT2D eigenvalue weighted by molar-refractivity contribution is 0.376. The zero-order valence-electron chi connectivity index (χ0n) is 8.25. The predicted octanol–water partition coefficient (Wildman–Crippen LogP) is 1.60. The lowest BCUT2D eigenvalue weighted by Crippen LogP contribution is -2.11. The van der Waals surface area contributed by atoms with Crippen molar-refractivity contribution < 1.29 is 14.2 Å². The third kappa shape index (κ3) is 1.80. The molecule has 1 atom stereocenters. The zero-order chi connectivity index (χ0) is 10.7. The number of aromatic hydroxyl groups is 1. The molecular weight excluding hydrogens is 185 g/mol. The van der Waals surface area contributed by atoms with Crippen molar-refractivity contribution in [1.82, 2.24) is 0 Å². The number of halogens is 1. The quantitative estimate of drug-likeness (QED) is 0.777. The second kappa shape index (κ2) is 4.28. The van der Waals surface area contributed by atoms with E-state index in [2.05, 4.69) is 0 Å². The number of ether oxygens (including phenoxy) is 1. The predicted molar refractivity (Wildman–Crippen MR) is 52.1 cm³/mol. The first-order chi connectivity index (χ1) is 6.61. The monoisotopic (exact) mass is 199 g/mol. The van der Waals surface area contributed by atoms with Crippen LogP contribution in [0, 0.1) is 5.82 Å². The van der Waals surface area contributed by atoms with Crippen LogP contribution in [0.2, 0.25) is 0 Å². The van der Waals surface area contributed by atoms with Crippen LogP contribution in [0.3, 0.4) is 0 Å². The highest BCUT2D eigenvalue weighted by molar-refractivity contribution is 5.43. The zero-order valence-corrected chi connectivity index (χ0v) is 8.25. The number of rotatable bonds is 3. The van der Waals surface area contributed by atoms with Crippen molar-refractivity contribution in [3.63, 3.8) is 0 Å². The molecule has 0 aliphatic rings. The summed E-state index contributed by atoms with van der Waals surface area (Å²) in [6, 6.07) is 2.79. The highest BCUT2D eigenvalue weighted by Crippen LogP contribution is 2.33. The van der Waals surface area contributed by atoms with Gasteiger partial charge in [-0.15, -0.1) is 0 Å². The molecule has 1 aromatic rings. The molecule has 1 unspecified atom stereocenters. The average molecular weight is 199 g/mol. The minimum Gasteiger partial charge on any atom is -0.508 e. The van der Waals surface area contributed by atoms with Gasteiger partial charge in [0.1, 0.15) is 5.75 Å². The second-order valence-corrected chi connectivity index (χ2v) is 3.15. The average Bonchev–Trinajstić information content (AvgIpc) is 2.18. The van der Waals surface area contributed by atoms with Crippen LogP contribution in [-0.2, 0) is 0 Å². The Labute approximate surface area is 82.3 Å². The van der Waals surface area contributed by atoms with Gasteiger partial charge in [0.2, 0.25) is 0 Å². The normalized spacial score (nSPS) is 12.6. The summed E-state index contributed by atoms with van der Waals surface area (Å²) in [5, 5.41) is 9.46. The fraction of sp³-hybridized carbons (Fsp3) is 0.400. The van der Waals surface area contributed by atoms with Crippen LogP contribution in [0.15, 0.2) is 12.1 Å². The van der Waals surface area contributed by atoms with E-state index in [1.54, 1.807) is 6.92 Å². The lowest BCUT2D eigenvalue weighted by atomic mass is 9.99. The number of hydrogen-bond acceptors (Lipinski definition) is 3. The van der Waals surface area contributed by atoms with Crippen molar-refractivity contribution in [2.75, 3.05) is 13.7 Å². The van der Waals surface area contributed by atoms with Crippen LogP contribution >= 0.6 is 0 Å². The second-order valence-electron chi connectivity index (χ2n) is 3.15.